The van der Waals surface area contributed by atoms with Gasteiger partial charge in [-0.05, 0) is 38.8 Å². The number of nitrogens with zero attached hydrogens (tertiary/aromatic N) is 5. The molecule has 0 atom stereocenters. The predicted octanol–water partition coefficient (Wildman–Crippen LogP) is 2.52. The van der Waals surface area contributed by atoms with Crippen LogP contribution in [0.2, 0.25) is 0 Å². The molecule has 0 N–H and O–H groups in total. The molecule has 0 bridgehead atoms. The van der Waals surface area contributed by atoms with Gasteiger partial charge in [-0.2, -0.15) is 0 Å². The van der Waals surface area contributed by atoms with E-state index in [0.717, 1.165) is 69.2 Å². The first-order valence-corrected chi connectivity index (χ1v) is 10.2. The molecular weight excluding hydrogens is 350 g/mol. The average molecular weight is 380 g/mol. The molecule has 3 heterocycles. The third-order valence-electron chi connectivity index (χ3n) is 6.21. The van der Waals surface area contributed by atoms with E-state index < -0.39 is 0 Å². The molecule has 28 heavy (non-hydrogen) atoms. The molecule has 1 aromatic carbocycles. The standard InChI is InChI=1S/C22H29N5O/c1-17-18(2)23-16-24-21(17)26-14-12-25(13-15-26)20-8-10-27(11-9-20)22(28)19-6-4-3-5-7-19/h3-7,16,20H,8-15H2,1-2H3. The van der Waals surface area contributed by atoms with Crippen molar-refractivity contribution in [3.05, 3.63) is 53.5 Å². The number of aromatic nitrogens is 2. The zero-order valence-electron chi connectivity index (χ0n) is 16.8. The van der Waals surface area contributed by atoms with Gasteiger partial charge in [0.25, 0.3) is 5.91 Å². The van der Waals surface area contributed by atoms with Crippen LogP contribution in [0.5, 0.6) is 0 Å². The van der Waals surface area contributed by atoms with E-state index in [1.54, 1.807) is 6.33 Å². The van der Waals surface area contributed by atoms with E-state index in [2.05, 4.69) is 26.7 Å². The maximum atomic E-state index is 12.6. The number of piperazine rings is 1. The number of piperidine rings is 1. The first-order valence-electron chi connectivity index (χ1n) is 10.2. The summed E-state index contributed by atoms with van der Waals surface area (Å²) in [5, 5.41) is 0. The maximum absolute atomic E-state index is 12.6. The second kappa shape index (κ2) is 8.27. The average Bonchev–Trinajstić information content (AvgIpc) is 2.76. The number of aryl methyl sites for hydroxylation is 1. The summed E-state index contributed by atoms with van der Waals surface area (Å²) in [6.07, 6.45) is 3.79. The van der Waals surface area contributed by atoms with Gasteiger partial charge in [0.2, 0.25) is 0 Å². The Kier molecular flexibility index (Phi) is 5.57. The summed E-state index contributed by atoms with van der Waals surface area (Å²) in [5.74, 6) is 1.24. The molecule has 0 saturated carbocycles. The highest BCUT2D eigenvalue weighted by Crippen LogP contribution is 2.23. The fourth-order valence-electron chi connectivity index (χ4n) is 4.34. The fourth-order valence-corrected chi connectivity index (χ4v) is 4.34. The lowest BCUT2D eigenvalue weighted by molar-refractivity contribution is 0.0611. The molecule has 1 aromatic heterocycles. The first-order chi connectivity index (χ1) is 13.6. The topological polar surface area (TPSA) is 52.6 Å². The summed E-state index contributed by atoms with van der Waals surface area (Å²) in [6, 6.07) is 10.2. The number of hydrogen-bond donors (Lipinski definition) is 0. The monoisotopic (exact) mass is 379 g/mol. The van der Waals surface area contributed by atoms with Gasteiger partial charge in [0.1, 0.15) is 12.1 Å². The Morgan fingerprint density at radius 2 is 1.61 bits per heavy atom. The minimum Gasteiger partial charge on any atom is -0.354 e. The third-order valence-corrected chi connectivity index (χ3v) is 6.21. The number of likely N-dealkylation sites (tertiary alicyclic amines) is 1. The van der Waals surface area contributed by atoms with Crippen LogP contribution in [-0.4, -0.2) is 71.0 Å². The molecule has 2 saturated heterocycles. The van der Waals surface area contributed by atoms with E-state index in [1.165, 1.54) is 5.56 Å². The van der Waals surface area contributed by atoms with Gasteiger partial charge >= 0.3 is 0 Å². The third kappa shape index (κ3) is 3.87. The Hall–Kier alpha value is -2.47. The summed E-state index contributed by atoms with van der Waals surface area (Å²) in [5.41, 5.74) is 3.04. The van der Waals surface area contributed by atoms with Crippen molar-refractivity contribution in [1.82, 2.24) is 19.8 Å². The molecule has 2 fully saturated rings. The van der Waals surface area contributed by atoms with Gasteiger partial charge in [-0.15, -0.1) is 0 Å². The highest BCUT2D eigenvalue weighted by Gasteiger charge is 2.30. The Bertz CT molecular complexity index is 809. The zero-order valence-corrected chi connectivity index (χ0v) is 16.8. The minimum atomic E-state index is 0.165. The van der Waals surface area contributed by atoms with Crippen LogP contribution in [0.4, 0.5) is 5.82 Å². The quantitative estimate of drug-likeness (QED) is 0.820. The van der Waals surface area contributed by atoms with Crippen molar-refractivity contribution in [2.75, 3.05) is 44.2 Å². The van der Waals surface area contributed by atoms with Crippen LogP contribution in [0.3, 0.4) is 0 Å². The fraction of sp³-hybridized carbons (Fsp3) is 0.500. The molecule has 6 nitrogen and oxygen atoms in total. The van der Waals surface area contributed by atoms with Crippen LogP contribution < -0.4 is 4.90 Å². The molecule has 2 aliphatic rings. The maximum Gasteiger partial charge on any atom is 0.253 e. The largest absolute Gasteiger partial charge is 0.354 e. The Balaban J connectivity index is 1.30. The summed E-state index contributed by atoms with van der Waals surface area (Å²) >= 11 is 0. The summed E-state index contributed by atoms with van der Waals surface area (Å²) in [7, 11) is 0. The second-order valence-corrected chi connectivity index (χ2v) is 7.82. The summed E-state index contributed by atoms with van der Waals surface area (Å²) in [6.45, 7) is 9.96. The lowest BCUT2D eigenvalue weighted by Gasteiger charge is -2.43. The van der Waals surface area contributed by atoms with Crippen molar-refractivity contribution in [2.24, 2.45) is 0 Å². The van der Waals surface area contributed by atoms with E-state index in [9.17, 15) is 4.79 Å². The van der Waals surface area contributed by atoms with Crippen LogP contribution in [0, 0.1) is 13.8 Å². The summed E-state index contributed by atoms with van der Waals surface area (Å²) < 4.78 is 0. The number of amides is 1. The lowest BCUT2D eigenvalue weighted by Crippen LogP contribution is -2.54. The zero-order chi connectivity index (χ0) is 19.5. The van der Waals surface area contributed by atoms with Crippen molar-refractivity contribution in [3.8, 4) is 0 Å². The number of anilines is 1. The normalized spacial score (nSPS) is 19.1. The number of rotatable bonds is 3. The van der Waals surface area contributed by atoms with Crippen LogP contribution in [0.1, 0.15) is 34.5 Å². The molecule has 6 heteroatoms. The molecule has 2 aromatic rings. The van der Waals surface area contributed by atoms with Crippen LogP contribution in [0.15, 0.2) is 36.7 Å². The van der Waals surface area contributed by atoms with Gasteiger partial charge in [0.05, 0.1) is 0 Å². The van der Waals surface area contributed by atoms with Gasteiger partial charge in [-0.1, -0.05) is 18.2 Å². The number of benzene rings is 1. The SMILES string of the molecule is Cc1ncnc(N2CCN(C3CCN(C(=O)c4ccccc4)CC3)CC2)c1C. The molecule has 148 valence electrons. The van der Waals surface area contributed by atoms with E-state index >= 15 is 0 Å². The molecule has 0 aliphatic carbocycles. The van der Waals surface area contributed by atoms with E-state index in [0.29, 0.717) is 6.04 Å². The molecule has 0 unspecified atom stereocenters. The van der Waals surface area contributed by atoms with Crippen molar-refractivity contribution in [2.45, 2.75) is 32.7 Å². The predicted molar refractivity (Wildman–Crippen MR) is 111 cm³/mol. The van der Waals surface area contributed by atoms with Gasteiger partial charge in [-0.3, -0.25) is 9.69 Å². The van der Waals surface area contributed by atoms with E-state index in [4.69, 9.17) is 0 Å². The van der Waals surface area contributed by atoms with Crippen molar-refractivity contribution < 1.29 is 4.79 Å². The van der Waals surface area contributed by atoms with Crippen molar-refractivity contribution in [3.63, 3.8) is 0 Å². The molecule has 4 rings (SSSR count). The van der Waals surface area contributed by atoms with Crippen LogP contribution >= 0.6 is 0 Å². The highest BCUT2D eigenvalue weighted by atomic mass is 16.2. The minimum absolute atomic E-state index is 0.165. The van der Waals surface area contributed by atoms with Crippen molar-refractivity contribution >= 4 is 11.7 Å². The Labute approximate surface area is 167 Å². The molecule has 0 radical (unpaired) electrons. The van der Waals surface area contributed by atoms with Crippen LogP contribution in [0.25, 0.3) is 0 Å². The molecule has 2 aliphatic heterocycles. The lowest BCUT2D eigenvalue weighted by atomic mass is 10.0. The van der Waals surface area contributed by atoms with Gasteiger partial charge < -0.3 is 9.80 Å². The Morgan fingerprint density at radius 1 is 0.929 bits per heavy atom. The van der Waals surface area contributed by atoms with Crippen molar-refractivity contribution in [1.29, 1.82) is 0 Å². The molecule has 0 spiro atoms. The second-order valence-electron chi connectivity index (χ2n) is 7.82. The van der Waals surface area contributed by atoms with Gasteiger partial charge in [-0.25, -0.2) is 9.97 Å². The molecule has 1 amide bonds. The summed E-state index contributed by atoms with van der Waals surface area (Å²) in [4.78, 5) is 28.4. The van der Waals surface area contributed by atoms with E-state index in [1.807, 2.05) is 42.2 Å². The smallest absolute Gasteiger partial charge is 0.253 e. The highest BCUT2D eigenvalue weighted by molar-refractivity contribution is 5.94. The van der Waals surface area contributed by atoms with Crippen LogP contribution in [-0.2, 0) is 0 Å². The molecular formula is C22H29N5O. The van der Waals surface area contributed by atoms with Gasteiger partial charge in [0, 0.05) is 62.1 Å². The van der Waals surface area contributed by atoms with Gasteiger partial charge in [0.15, 0.2) is 0 Å². The number of hydrogen-bond acceptors (Lipinski definition) is 5. The first kappa shape index (κ1) is 18.9. The number of carbonyl (C=O) groups is 1. The van der Waals surface area contributed by atoms with E-state index in [-0.39, 0.29) is 5.91 Å². The Morgan fingerprint density at radius 3 is 2.29 bits per heavy atom. The number of carbonyl (C=O) groups excluding carboxylic acids is 1.